The number of aryl methyl sites for hydroxylation is 2. The number of nitrogens with zero attached hydrogens (tertiary/aromatic N) is 3. The zero-order valence-corrected chi connectivity index (χ0v) is 18.4. The lowest BCUT2D eigenvalue weighted by Gasteiger charge is -2.07. The number of halogens is 1. The quantitative estimate of drug-likeness (QED) is 0.367. The molecule has 0 atom stereocenters. The summed E-state index contributed by atoms with van der Waals surface area (Å²) in [6, 6.07) is 23.8. The van der Waals surface area contributed by atoms with Crippen molar-refractivity contribution in [3.8, 4) is 5.88 Å². The average molecular weight is 461 g/mol. The van der Waals surface area contributed by atoms with Crippen molar-refractivity contribution in [3.05, 3.63) is 95.0 Å². The minimum absolute atomic E-state index is 0.0633. The molecule has 1 heterocycles. The maximum absolute atomic E-state index is 12.2. The largest absolute Gasteiger partial charge is 0.493 e. The summed E-state index contributed by atoms with van der Waals surface area (Å²) in [7, 11) is 0. The summed E-state index contributed by atoms with van der Waals surface area (Å²) in [5.41, 5.74) is 2.49. The maximum atomic E-state index is 12.2. The normalized spacial score (nSPS) is 11.2. The van der Waals surface area contributed by atoms with Crippen LogP contribution in [0.2, 0.25) is 5.02 Å². The number of fused-ring (bicyclic) bond motifs is 1. The van der Waals surface area contributed by atoms with E-state index >= 15 is 0 Å². The number of azo groups is 1. The Morgan fingerprint density at radius 3 is 2.52 bits per heavy atom. The average Bonchev–Trinajstić information content (AvgIpc) is 3.11. The monoisotopic (exact) mass is 460 g/mol. The van der Waals surface area contributed by atoms with Gasteiger partial charge >= 0.3 is 0 Å². The molecule has 1 aromatic heterocycles. The van der Waals surface area contributed by atoms with Crippen LogP contribution in [0, 0.1) is 0 Å². The van der Waals surface area contributed by atoms with Gasteiger partial charge in [0.1, 0.15) is 6.54 Å². The lowest BCUT2D eigenvalue weighted by atomic mass is 10.1. The highest BCUT2D eigenvalue weighted by molar-refractivity contribution is 6.31. The van der Waals surface area contributed by atoms with Gasteiger partial charge in [-0.15, -0.1) is 10.2 Å². The number of carbonyl (C=O) groups is 2. The zero-order valence-electron chi connectivity index (χ0n) is 17.6. The van der Waals surface area contributed by atoms with Gasteiger partial charge < -0.3 is 15.0 Å². The van der Waals surface area contributed by atoms with Gasteiger partial charge in [-0.2, -0.15) is 0 Å². The Labute approximate surface area is 195 Å². The van der Waals surface area contributed by atoms with Gasteiger partial charge in [-0.25, -0.2) is 0 Å². The second-order valence-corrected chi connectivity index (χ2v) is 7.80. The number of aromatic nitrogens is 1. The summed E-state index contributed by atoms with van der Waals surface area (Å²) < 4.78 is 1.75. The van der Waals surface area contributed by atoms with Crippen molar-refractivity contribution in [2.75, 3.05) is 6.54 Å². The summed E-state index contributed by atoms with van der Waals surface area (Å²) in [4.78, 5) is 24.4. The molecule has 0 aliphatic rings. The molecule has 4 rings (SSSR count). The van der Waals surface area contributed by atoms with E-state index in [9.17, 15) is 14.7 Å². The lowest BCUT2D eigenvalue weighted by molar-refractivity contribution is -0.117. The van der Waals surface area contributed by atoms with E-state index in [0.717, 1.165) is 17.5 Å². The molecular formula is C25H21ClN4O3. The van der Waals surface area contributed by atoms with E-state index in [1.54, 1.807) is 22.8 Å². The topological polar surface area (TPSA) is 96.1 Å². The van der Waals surface area contributed by atoms with Gasteiger partial charge in [0, 0.05) is 22.5 Å². The first-order chi connectivity index (χ1) is 16.0. The summed E-state index contributed by atoms with van der Waals surface area (Å²) >= 11 is 5.88. The third-order valence-electron chi connectivity index (χ3n) is 5.13. The minimum atomic E-state index is -0.647. The molecule has 0 unspecified atom stereocenters. The van der Waals surface area contributed by atoms with Gasteiger partial charge in [0.25, 0.3) is 11.8 Å². The van der Waals surface area contributed by atoms with Crippen molar-refractivity contribution < 1.29 is 14.7 Å². The molecule has 166 valence electrons. The standard InChI is InChI=1S/C25H21ClN4O3/c26-19-10-6-9-18(15-19)24(32)27-16-22(31)28-29-23-20-11-4-5-12-21(20)30(25(23)33)14-13-17-7-2-1-3-8-17/h1-12,15,33H,13-14,16H2,(H,27,32). The molecule has 0 saturated carbocycles. The van der Waals surface area contributed by atoms with Crippen molar-refractivity contribution in [2.45, 2.75) is 13.0 Å². The molecule has 0 bridgehead atoms. The SMILES string of the molecule is O=C(CNC(=O)c1cccc(Cl)c1)N=Nc1c(O)n(CCc2ccccc2)c2ccccc12. The van der Waals surface area contributed by atoms with Gasteiger partial charge in [0.15, 0.2) is 5.69 Å². The van der Waals surface area contributed by atoms with E-state index in [1.807, 2.05) is 54.6 Å². The molecule has 2 amide bonds. The number of hydrogen-bond acceptors (Lipinski definition) is 4. The first-order valence-corrected chi connectivity index (χ1v) is 10.7. The van der Waals surface area contributed by atoms with Gasteiger partial charge in [-0.3, -0.25) is 9.59 Å². The molecule has 33 heavy (non-hydrogen) atoms. The fourth-order valence-electron chi connectivity index (χ4n) is 3.51. The third-order valence-corrected chi connectivity index (χ3v) is 5.37. The Hall–Kier alpha value is -3.97. The summed E-state index contributed by atoms with van der Waals surface area (Å²) in [5.74, 6) is -1.15. The number of carbonyl (C=O) groups excluding carboxylic acids is 2. The van der Waals surface area contributed by atoms with Gasteiger partial charge in [-0.05, 0) is 36.2 Å². The fourth-order valence-corrected chi connectivity index (χ4v) is 3.70. The molecule has 7 nitrogen and oxygen atoms in total. The van der Waals surface area contributed by atoms with E-state index in [2.05, 4.69) is 15.5 Å². The zero-order chi connectivity index (χ0) is 23.2. The van der Waals surface area contributed by atoms with Crippen molar-refractivity contribution in [1.82, 2.24) is 9.88 Å². The Morgan fingerprint density at radius 2 is 1.73 bits per heavy atom. The smallest absolute Gasteiger partial charge is 0.283 e. The molecule has 0 saturated heterocycles. The predicted octanol–water partition coefficient (Wildman–Crippen LogP) is 5.28. The molecule has 2 N–H and O–H groups in total. The van der Waals surface area contributed by atoms with Crippen LogP contribution >= 0.6 is 11.6 Å². The number of rotatable bonds is 7. The molecule has 0 aliphatic carbocycles. The van der Waals surface area contributed by atoms with Crippen LogP contribution in [0.4, 0.5) is 5.69 Å². The second-order valence-electron chi connectivity index (χ2n) is 7.36. The summed E-state index contributed by atoms with van der Waals surface area (Å²) in [6.45, 7) is 0.206. The number of hydrogen-bond donors (Lipinski definition) is 2. The molecule has 0 spiro atoms. The van der Waals surface area contributed by atoms with Crippen LogP contribution in [0.15, 0.2) is 89.1 Å². The number of para-hydroxylation sites is 1. The highest BCUT2D eigenvalue weighted by atomic mass is 35.5. The van der Waals surface area contributed by atoms with Crippen LogP contribution in [-0.4, -0.2) is 28.0 Å². The van der Waals surface area contributed by atoms with Gasteiger partial charge in [0.05, 0.1) is 5.52 Å². The molecular weight excluding hydrogens is 440 g/mol. The van der Waals surface area contributed by atoms with Gasteiger partial charge in [0.2, 0.25) is 5.88 Å². The van der Waals surface area contributed by atoms with Crippen LogP contribution in [0.5, 0.6) is 5.88 Å². The first-order valence-electron chi connectivity index (χ1n) is 10.4. The van der Waals surface area contributed by atoms with E-state index in [-0.39, 0.29) is 18.1 Å². The lowest BCUT2D eigenvalue weighted by Crippen LogP contribution is -2.28. The van der Waals surface area contributed by atoms with E-state index in [1.165, 1.54) is 6.07 Å². The summed E-state index contributed by atoms with van der Waals surface area (Å²) in [6.07, 6.45) is 0.720. The highest BCUT2D eigenvalue weighted by Crippen LogP contribution is 2.38. The summed E-state index contributed by atoms with van der Waals surface area (Å²) in [5, 5.41) is 22.1. The van der Waals surface area contributed by atoms with E-state index in [0.29, 0.717) is 22.5 Å². The molecule has 4 aromatic rings. The van der Waals surface area contributed by atoms with Crippen LogP contribution in [0.1, 0.15) is 15.9 Å². The molecule has 0 radical (unpaired) electrons. The van der Waals surface area contributed by atoms with E-state index in [4.69, 9.17) is 11.6 Å². The minimum Gasteiger partial charge on any atom is -0.493 e. The second kappa shape index (κ2) is 10.1. The highest BCUT2D eigenvalue weighted by Gasteiger charge is 2.17. The van der Waals surface area contributed by atoms with Crippen LogP contribution in [0.25, 0.3) is 10.9 Å². The van der Waals surface area contributed by atoms with Crippen LogP contribution in [0.3, 0.4) is 0 Å². The molecule has 0 fully saturated rings. The molecule has 3 aromatic carbocycles. The molecule has 8 heteroatoms. The predicted molar refractivity (Wildman–Crippen MR) is 127 cm³/mol. The molecule has 0 aliphatic heterocycles. The maximum Gasteiger partial charge on any atom is 0.283 e. The Balaban J connectivity index is 1.48. The third kappa shape index (κ3) is 5.27. The Morgan fingerprint density at radius 1 is 0.970 bits per heavy atom. The van der Waals surface area contributed by atoms with Crippen LogP contribution in [-0.2, 0) is 17.8 Å². The van der Waals surface area contributed by atoms with Crippen LogP contribution < -0.4 is 5.32 Å². The number of aromatic hydroxyl groups is 1. The first kappa shape index (κ1) is 22.2. The van der Waals surface area contributed by atoms with Gasteiger partial charge in [-0.1, -0.05) is 66.2 Å². The van der Waals surface area contributed by atoms with E-state index < -0.39 is 11.8 Å². The Bertz CT molecular complexity index is 1330. The number of benzene rings is 3. The van der Waals surface area contributed by atoms with Crippen molar-refractivity contribution in [3.63, 3.8) is 0 Å². The Kier molecular flexibility index (Phi) is 6.80. The fraction of sp³-hybridized carbons (Fsp3) is 0.120. The number of nitrogens with one attached hydrogen (secondary N) is 1. The number of amides is 2. The van der Waals surface area contributed by atoms with Crippen molar-refractivity contribution >= 4 is 40.0 Å². The van der Waals surface area contributed by atoms with Crippen molar-refractivity contribution in [1.29, 1.82) is 0 Å². The van der Waals surface area contributed by atoms with Crippen molar-refractivity contribution in [2.24, 2.45) is 10.2 Å².